The lowest BCUT2D eigenvalue weighted by Gasteiger charge is -2.15. The van der Waals surface area contributed by atoms with Crippen LogP contribution in [-0.2, 0) is 18.9 Å². The molecule has 0 fully saturated rings. The number of amides is 2. The number of urea groups is 1. The lowest BCUT2D eigenvalue weighted by molar-refractivity contribution is -0.143. The summed E-state index contributed by atoms with van der Waals surface area (Å²) in [7, 11) is 0. The molecular formula is C17H12F6N4O. The van der Waals surface area contributed by atoms with Crippen LogP contribution in [0.5, 0.6) is 0 Å². The number of carbonyl (C=O) groups excluding carboxylic acids is 1. The van der Waals surface area contributed by atoms with Crippen molar-refractivity contribution in [3.63, 3.8) is 0 Å². The van der Waals surface area contributed by atoms with Gasteiger partial charge in [-0.3, -0.25) is 5.10 Å². The third kappa shape index (κ3) is 4.53. The second kappa shape index (κ2) is 7.06. The second-order valence-electron chi connectivity index (χ2n) is 5.89. The Morgan fingerprint density at radius 2 is 1.61 bits per heavy atom. The number of carbonyl (C=O) groups is 1. The lowest BCUT2D eigenvalue weighted by Crippen LogP contribution is -2.28. The van der Waals surface area contributed by atoms with Crippen LogP contribution < -0.4 is 10.6 Å². The number of aromatic nitrogens is 2. The van der Waals surface area contributed by atoms with E-state index in [4.69, 9.17) is 0 Å². The summed E-state index contributed by atoms with van der Waals surface area (Å²) in [5.41, 5.74) is -2.27. The minimum Gasteiger partial charge on any atom is -0.334 e. The van der Waals surface area contributed by atoms with Gasteiger partial charge in [-0.05, 0) is 29.8 Å². The molecule has 28 heavy (non-hydrogen) atoms. The van der Waals surface area contributed by atoms with Crippen molar-refractivity contribution in [2.24, 2.45) is 0 Å². The van der Waals surface area contributed by atoms with E-state index in [0.29, 0.717) is 23.2 Å². The van der Waals surface area contributed by atoms with E-state index in [1.165, 1.54) is 0 Å². The van der Waals surface area contributed by atoms with E-state index in [2.05, 4.69) is 15.5 Å². The molecule has 0 aliphatic carbocycles. The lowest BCUT2D eigenvalue weighted by atomic mass is 10.1. The van der Waals surface area contributed by atoms with Gasteiger partial charge in [0.25, 0.3) is 0 Å². The molecule has 2 amide bonds. The highest BCUT2D eigenvalue weighted by Crippen LogP contribution is 2.37. The molecule has 1 aromatic heterocycles. The fourth-order valence-corrected chi connectivity index (χ4v) is 2.48. The van der Waals surface area contributed by atoms with Crippen molar-refractivity contribution < 1.29 is 31.1 Å². The number of H-pyrrole nitrogens is 1. The molecular weight excluding hydrogens is 390 g/mol. The van der Waals surface area contributed by atoms with Gasteiger partial charge in [0.1, 0.15) is 0 Å². The van der Waals surface area contributed by atoms with Crippen LogP contribution in [0.2, 0.25) is 0 Å². The van der Waals surface area contributed by atoms with E-state index in [1.54, 1.807) is 24.4 Å². The molecule has 0 aliphatic rings. The molecule has 0 atom stereocenters. The molecule has 0 radical (unpaired) electrons. The Morgan fingerprint density at radius 1 is 0.964 bits per heavy atom. The van der Waals surface area contributed by atoms with Crippen LogP contribution in [0, 0.1) is 0 Å². The number of nitrogens with zero attached hydrogens (tertiary/aromatic N) is 1. The van der Waals surface area contributed by atoms with Gasteiger partial charge in [-0.1, -0.05) is 12.1 Å². The summed E-state index contributed by atoms with van der Waals surface area (Å²) in [5.74, 6) is 0. The number of hydrogen-bond donors (Lipinski definition) is 3. The molecule has 3 rings (SSSR count). The Hall–Kier alpha value is -3.24. The first-order valence-electron chi connectivity index (χ1n) is 7.79. The van der Waals surface area contributed by atoms with Gasteiger partial charge in [0.05, 0.1) is 22.8 Å². The van der Waals surface area contributed by atoms with Crippen molar-refractivity contribution in [3.8, 4) is 0 Å². The SMILES string of the molecule is O=C(NCc1ccc2cn[nH]c2c1)Nc1cc(C(F)(F)F)cc(C(F)(F)F)c1. The molecule has 0 saturated carbocycles. The average molecular weight is 402 g/mol. The van der Waals surface area contributed by atoms with E-state index in [9.17, 15) is 31.1 Å². The Labute approximate surface area is 153 Å². The molecule has 0 bridgehead atoms. The summed E-state index contributed by atoms with van der Waals surface area (Å²) < 4.78 is 77.0. The van der Waals surface area contributed by atoms with Crippen LogP contribution in [0.4, 0.5) is 36.8 Å². The van der Waals surface area contributed by atoms with E-state index in [1.807, 2.05) is 5.32 Å². The highest BCUT2D eigenvalue weighted by atomic mass is 19.4. The van der Waals surface area contributed by atoms with Gasteiger partial charge in [-0.2, -0.15) is 31.4 Å². The quantitative estimate of drug-likeness (QED) is 0.544. The third-order valence-corrected chi connectivity index (χ3v) is 3.80. The van der Waals surface area contributed by atoms with Gasteiger partial charge < -0.3 is 10.6 Å². The van der Waals surface area contributed by atoms with Crippen LogP contribution in [0.15, 0.2) is 42.6 Å². The van der Waals surface area contributed by atoms with Gasteiger partial charge in [0.2, 0.25) is 0 Å². The first-order valence-corrected chi connectivity index (χ1v) is 7.79. The predicted molar refractivity (Wildman–Crippen MR) is 88.4 cm³/mol. The Bertz CT molecular complexity index is 977. The van der Waals surface area contributed by atoms with Gasteiger partial charge in [0.15, 0.2) is 0 Å². The van der Waals surface area contributed by atoms with Crippen LogP contribution >= 0.6 is 0 Å². The predicted octanol–water partition coefficient (Wildman–Crippen LogP) is 4.92. The van der Waals surface area contributed by atoms with Crippen LogP contribution in [-0.4, -0.2) is 16.2 Å². The molecule has 0 unspecified atom stereocenters. The number of fused-ring (bicyclic) bond motifs is 1. The monoisotopic (exact) mass is 402 g/mol. The summed E-state index contributed by atoms with van der Waals surface area (Å²) in [6, 6.07) is 5.06. The number of rotatable bonds is 3. The first kappa shape index (κ1) is 19.5. The number of nitrogens with one attached hydrogen (secondary N) is 3. The second-order valence-corrected chi connectivity index (χ2v) is 5.89. The highest BCUT2D eigenvalue weighted by Gasteiger charge is 2.37. The standard InChI is InChI=1S/C17H12F6N4O/c18-16(19,20)11-4-12(17(21,22)23)6-13(5-11)26-15(28)24-7-9-1-2-10-8-25-27-14(10)3-9/h1-6,8H,7H2,(H,25,27)(H2,24,26,28). The van der Waals surface area contributed by atoms with E-state index in [-0.39, 0.29) is 12.6 Å². The number of anilines is 1. The molecule has 1 heterocycles. The minimum absolute atomic E-state index is 0.00584. The van der Waals surface area contributed by atoms with Gasteiger partial charge in [-0.25, -0.2) is 4.79 Å². The van der Waals surface area contributed by atoms with Crippen LogP contribution in [0.25, 0.3) is 10.9 Å². The molecule has 0 aliphatic heterocycles. The van der Waals surface area contributed by atoms with Gasteiger partial charge >= 0.3 is 18.4 Å². The topological polar surface area (TPSA) is 69.8 Å². The summed E-state index contributed by atoms with van der Waals surface area (Å²) >= 11 is 0. The molecule has 3 N–H and O–H groups in total. The minimum atomic E-state index is -4.99. The summed E-state index contributed by atoms with van der Waals surface area (Å²) in [4.78, 5) is 11.9. The maximum atomic E-state index is 12.8. The number of benzene rings is 2. The highest BCUT2D eigenvalue weighted by molar-refractivity contribution is 5.89. The number of alkyl halides is 6. The average Bonchev–Trinajstić information content (AvgIpc) is 3.06. The van der Waals surface area contributed by atoms with Crippen molar-refractivity contribution in [1.29, 1.82) is 0 Å². The zero-order valence-corrected chi connectivity index (χ0v) is 13.9. The molecule has 2 aromatic carbocycles. The Balaban J connectivity index is 1.73. The third-order valence-electron chi connectivity index (χ3n) is 3.80. The van der Waals surface area contributed by atoms with Crippen LogP contribution in [0.3, 0.4) is 0 Å². The molecule has 0 saturated heterocycles. The smallest absolute Gasteiger partial charge is 0.334 e. The zero-order chi connectivity index (χ0) is 20.5. The maximum absolute atomic E-state index is 12.8. The van der Waals surface area contributed by atoms with Gasteiger partial charge in [0, 0.05) is 17.6 Å². The summed E-state index contributed by atoms with van der Waals surface area (Å²) in [6.07, 6.45) is -8.38. The fraction of sp³-hybridized carbons (Fsp3) is 0.176. The summed E-state index contributed by atoms with van der Waals surface area (Å²) in [5, 5.41) is 11.8. The fourth-order valence-electron chi connectivity index (χ4n) is 2.48. The van der Waals surface area contributed by atoms with E-state index >= 15 is 0 Å². The van der Waals surface area contributed by atoms with Crippen molar-refractivity contribution in [2.75, 3.05) is 5.32 Å². The normalized spacial score (nSPS) is 12.2. The van der Waals surface area contributed by atoms with E-state index < -0.39 is 35.2 Å². The van der Waals surface area contributed by atoms with Crippen LogP contribution in [0.1, 0.15) is 16.7 Å². The number of aromatic amines is 1. The molecule has 11 heteroatoms. The molecule has 5 nitrogen and oxygen atoms in total. The van der Waals surface area contributed by atoms with Gasteiger partial charge in [-0.15, -0.1) is 0 Å². The largest absolute Gasteiger partial charge is 0.416 e. The molecule has 0 spiro atoms. The number of halogens is 6. The van der Waals surface area contributed by atoms with Crippen molar-refractivity contribution in [2.45, 2.75) is 18.9 Å². The van der Waals surface area contributed by atoms with Crippen molar-refractivity contribution in [1.82, 2.24) is 15.5 Å². The number of hydrogen-bond acceptors (Lipinski definition) is 2. The molecule has 148 valence electrons. The maximum Gasteiger partial charge on any atom is 0.416 e. The van der Waals surface area contributed by atoms with E-state index in [0.717, 1.165) is 5.39 Å². The van der Waals surface area contributed by atoms with Crippen molar-refractivity contribution >= 4 is 22.6 Å². The molecule has 3 aromatic rings. The summed E-state index contributed by atoms with van der Waals surface area (Å²) in [6.45, 7) is 0.00584. The Morgan fingerprint density at radius 3 is 2.21 bits per heavy atom. The van der Waals surface area contributed by atoms with Crippen molar-refractivity contribution in [3.05, 3.63) is 59.3 Å². The Kier molecular flexibility index (Phi) is 4.92. The zero-order valence-electron chi connectivity index (χ0n) is 13.9. The first-order chi connectivity index (χ1) is 13.0.